The van der Waals surface area contributed by atoms with Gasteiger partial charge < -0.3 is 19.1 Å². The van der Waals surface area contributed by atoms with Crippen LogP contribution in [0.2, 0.25) is 0 Å². The summed E-state index contributed by atoms with van der Waals surface area (Å²) in [4.78, 5) is 39.6. The summed E-state index contributed by atoms with van der Waals surface area (Å²) in [5, 5.41) is 0.804. The maximum Gasteiger partial charge on any atom is 0.419 e. The van der Waals surface area contributed by atoms with Gasteiger partial charge in [0, 0.05) is 24.7 Å². The minimum atomic E-state index is -0.734. The Balaban J connectivity index is 2.08. The average molecular weight is 467 g/mol. The minimum Gasteiger partial charge on any atom is -0.465 e. The Bertz CT molecular complexity index is 1200. The van der Waals surface area contributed by atoms with Crippen molar-refractivity contribution in [2.45, 2.75) is 32.8 Å². The SMILES string of the molecule is C=C(C(=O)OC)c1c(CCN2C=C(C(=O)OC)C=CC2)c2ccccc2n1C(=O)OC(C)(C)C. The molecule has 0 bridgehead atoms. The first-order valence-electron chi connectivity index (χ1n) is 10.9. The van der Waals surface area contributed by atoms with Gasteiger partial charge in [-0.15, -0.1) is 0 Å². The monoisotopic (exact) mass is 466 g/mol. The fourth-order valence-corrected chi connectivity index (χ4v) is 3.85. The second-order valence-electron chi connectivity index (χ2n) is 8.85. The number of ether oxygens (including phenoxy) is 3. The number of methoxy groups -OCH3 is 2. The molecule has 1 aliphatic rings. The Morgan fingerprint density at radius 1 is 1.09 bits per heavy atom. The van der Waals surface area contributed by atoms with E-state index in [0.717, 1.165) is 10.9 Å². The highest BCUT2D eigenvalue weighted by Crippen LogP contribution is 2.33. The third kappa shape index (κ3) is 5.22. The van der Waals surface area contributed by atoms with E-state index in [1.54, 1.807) is 39.1 Å². The van der Waals surface area contributed by atoms with Crippen molar-refractivity contribution in [3.63, 3.8) is 0 Å². The number of carbonyl (C=O) groups excluding carboxylic acids is 3. The van der Waals surface area contributed by atoms with Crippen LogP contribution < -0.4 is 0 Å². The summed E-state index contributed by atoms with van der Waals surface area (Å²) in [5.41, 5.74) is 1.50. The van der Waals surface area contributed by atoms with Gasteiger partial charge in [0.05, 0.1) is 36.6 Å². The van der Waals surface area contributed by atoms with E-state index in [2.05, 4.69) is 6.58 Å². The second-order valence-corrected chi connectivity index (χ2v) is 8.85. The van der Waals surface area contributed by atoms with Crippen LogP contribution in [0.3, 0.4) is 0 Å². The molecule has 1 aliphatic heterocycles. The summed E-state index contributed by atoms with van der Waals surface area (Å²) in [6, 6.07) is 7.38. The number of fused-ring (bicyclic) bond motifs is 1. The second kappa shape index (κ2) is 9.99. The van der Waals surface area contributed by atoms with Gasteiger partial charge in [-0.25, -0.2) is 19.0 Å². The highest BCUT2D eigenvalue weighted by atomic mass is 16.6. The van der Waals surface area contributed by atoms with Crippen molar-refractivity contribution in [3.05, 3.63) is 66.0 Å². The number of rotatable bonds is 6. The first-order valence-corrected chi connectivity index (χ1v) is 10.9. The molecule has 0 N–H and O–H groups in total. The van der Waals surface area contributed by atoms with Gasteiger partial charge in [-0.3, -0.25) is 0 Å². The summed E-state index contributed by atoms with van der Waals surface area (Å²) in [5.74, 6) is -1.05. The molecule has 2 heterocycles. The summed E-state index contributed by atoms with van der Waals surface area (Å²) in [6.45, 7) is 10.4. The molecule has 8 heteroatoms. The standard InChI is InChI=1S/C26H30N2O6/c1-17(23(29)32-5)22-20(13-15-27-14-9-10-18(16-27)24(30)33-6)19-11-7-8-12-21(19)28(22)25(31)34-26(2,3)4/h7-12,16H,1,13-15H2,2-6H3. The number of esters is 2. The molecule has 180 valence electrons. The molecular weight excluding hydrogens is 436 g/mol. The molecule has 0 saturated carbocycles. The lowest BCUT2D eigenvalue weighted by Crippen LogP contribution is -2.29. The highest BCUT2D eigenvalue weighted by molar-refractivity contribution is 6.18. The Kier molecular flexibility index (Phi) is 7.29. The number of aromatic nitrogens is 1. The Morgan fingerprint density at radius 3 is 2.44 bits per heavy atom. The molecule has 0 spiro atoms. The Labute approximate surface area is 199 Å². The van der Waals surface area contributed by atoms with E-state index < -0.39 is 23.6 Å². The van der Waals surface area contributed by atoms with Crippen LogP contribution in [-0.4, -0.2) is 60.4 Å². The summed E-state index contributed by atoms with van der Waals surface area (Å²) < 4.78 is 16.8. The molecular formula is C26H30N2O6. The van der Waals surface area contributed by atoms with E-state index in [1.165, 1.54) is 18.8 Å². The Hall–Kier alpha value is -3.81. The number of hydrogen-bond acceptors (Lipinski definition) is 7. The number of hydrogen-bond donors (Lipinski definition) is 0. The Morgan fingerprint density at radius 2 is 1.79 bits per heavy atom. The van der Waals surface area contributed by atoms with Crippen molar-refractivity contribution in [3.8, 4) is 0 Å². The van der Waals surface area contributed by atoms with Gasteiger partial charge in [0.25, 0.3) is 0 Å². The van der Waals surface area contributed by atoms with Crippen LogP contribution in [0.1, 0.15) is 32.0 Å². The zero-order valence-corrected chi connectivity index (χ0v) is 20.2. The zero-order chi connectivity index (χ0) is 25.0. The van der Waals surface area contributed by atoms with E-state index in [1.807, 2.05) is 29.2 Å². The molecule has 0 radical (unpaired) electrons. The van der Waals surface area contributed by atoms with Crippen molar-refractivity contribution >= 4 is 34.5 Å². The molecule has 0 fully saturated rings. The summed E-state index contributed by atoms with van der Waals surface area (Å²) >= 11 is 0. The molecule has 2 aromatic rings. The van der Waals surface area contributed by atoms with Crippen LogP contribution in [0, 0.1) is 0 Å². The molecule has 0 aliphatic carbocycles. The highest BCUT2D eigenvalue weighted by Gasteiger charge is 2.29. The van der Waals surface area contributed by atoms with E-state index >= 15 is 0 Å². The number of benzene rings is 1. The van der Waals surface area contributed by atoms with Crippen molar-refractivity contribution in [1.82, 2.24) is 9.47 Å². The topological polar surface area (TPSA) is 87.1 Å². The van der Waals surface area contributed by atoms with Crippen LogP contribution in [0.25, 0.3) is 16.5 Å². The van der Waals surface area contributed by atoms with Crippen LogP contribution in [0.5, 0.6) is 0 Å². The van der Waals surface area contributed by atoms with Gasteiger partial charge >= 0.3 is 18.0 Å². The van der Waals surface area contributed by atoms with Crippen molar-refractivity contribution in [2.24, 2.45) is 0 Å². The van der Waals surface area contributed by atoms with E-state index in [-0.39, 0.29) is 5.57 Å². The maximum atomic E-state index is 13.2. The maximum absolute atomic E-state index is 13.2. The molecule has 0 amide bonds. The predicted molar refractivity (Wildman–Crippen MR) is 129 cm³/mol. The number of nitrogens with zero attached hydrogens (tertiary/aromatic N) is 2. The van der Waals surface area contributed by atoms with E-state index in [4.69, 9.17) is 14.2 Å². The molecule has 3 rings (SSSR count). The first-order chi connectivity index (χ1) is 16.1. The molecule has 34 heavy (non-hydrogen) atoms. The fraction of sp³-hybridized carbons (Fsp3) is 0.346. The largest absolute Gasteiger partial charge is 0.465 e. The van der Waals surface area contributed by atoms with Crippen LogP contribution >= 0.6 is 0 Å². The lowest BCUT2D eigenvalue weighted by molar-refractivity contribution is -0.136. The normalized spacial score (nSPS) is 13.4. The van der Waals surface area contributed by atoms with Gasteiger partial charge in [-0.1, -0.05) is 30.9 Å². The fourth-order valence-electron chi connectivity index (χ4n) is 3.85. The van der Waals surface area contributed by atoms with Crippen LogP contribution in [-0.2, 0) is 30.2 Å². The van der Waals surface area contributed by atoms with Crippen molar-refractivity contribution < 1.29 is 28.6 Å². The number of carbonyl (C=O) groups is 3. The van der Waals surface area contributed by atoms with Crippen LogP contribution in [0.4, 0.5) is 4.79 Å². The quantitative estimate of drug-likeness (QED) is 0.360. The van der Waals surface area contributed by atoms with E-state index in [0.29, 0.717) is 36.3 Å². The van der Waals surface area contributed by atoms with Gasteiger partial charge in [0.2, 0.25) is 0 Å². The lowest BCUT2D eigenvalue weighted by atomic mass is 10.0. The van der Waals surface area contributed by atoms with Gasteiger partial charge in [-0.2, -0.15) is 0 Å². The lowest BCUT2D eigenvalue weighted by Gasteiger charge is -2.23. The van der Waals surface area contributed by atoms with Gasteiger partial charge in [-0.05, 0) is 44.9 Å². The predicted octanol–water partition coefficient (Wildman–Crippen LogP) is 4.08. The smallest absolute Gasteiger partial charge is 0.419 e. The molecule has 1 aromatic carbocycles. The zero-order valence-electron chi connectivity index (χ0n) is 20.2. The first kappa shape index (κ1) is 24.8. The van der Waals surface area contributed by atoms with Crippen LogP contribution in [0.15, 0.2) is 54.8 Å². The van der Waals surface area contributed by atoms with Gasteiger partial charge in [0.1, 0.15) is 5.60 Å². The van der Waals surface area contributed by atoms with Crippen molar-refractivity contribution in [1.29, 1.82) is 0 Å². The molecule has 0 saturated heterocycles. The summed E-state index contributed by atoms with van der Waals surface area (Å²) in [6.07, 6.45) is 5.21. The minimum absolute atomic E-state index is 0.0592. The molecule has 0 unspecified atom stereocenters. The third-order valence-corrected chi connectivity index (χ3v) is 5.30. The van der Waals surface area contributed by atoms with E-state index in [9.17, 15) is 14.4 Å². The molecule has 0 atom stereocenters. The molecule has 8 nitrogen and oxygen atoms in total. The van der Waals surface area contributed by atoms with Gasteiger partial charge in [0.15, 0.2) is 0 Å². The number of para-hydroxylation sites is 1. The average Bonchev–Trinajstić information content (AvgIpc) is 3.14. The summed E-state index contributed by atoms with van der Waals surface area (Å²) in [7, 11) is 2.61. The van der Waals surface area contributed by atoms with Crippen molar-refractivity contribution in [2.75, 3.05) is 27.3 Å². The third-order valence-electron chi connectivity index (χ3n) is 5.30. The molecule has 1 aromatic heterocycles.